The van der Waals surface area contributed by atoms with Crippen molar-refractivity contribution >= 4 is 22.4 Å². The Labute approximate surface area is 120 Å². The lowest BCUT2D eigenvalue weighted by Crippen LogP contribution is -2.25. The molecular formula is C15H14FN5. The topological polar surface area (TPSA) is 68.8 Å². The minimum Gasteiger partial charge on any atom is -0.399 e. The summed E-state index contributed by atoms with van der Waals surface area (Å²) in [6.07, 6.45) is 2.10. The molecular weight excluding hydrogens is 269 g/mol. The molecule has 0 aliphatic carbocycles. The van der Waals surface area contributed by atoms with Crippen molar-refractivity contribution in [2.24, 2.45) is 0 Å². The molecule has 0 fully saturated rings. The van der Waals surface area contributed by atoms with Gasteiger partial charge in [0.15, 0.2) is 0 Å². The first-order valence-corrected chi connectivity index (χ1v) is 6.85. The second-order valence-electron chi connectivity index (χ2n) is 5.20. The molecule has 1 aliphatic rings. The van der Waals surface area contributed by atoms with Crippen LogP contribution in [-0.4, -0.2) is 21.3 Å². The van der Waals surface area contributed by atoms with Crippen LogP contribution in [0.3, 0.4) is 0 Å². The third kappa shape index (κ3) is 1.91. The summed E-state index contributed by atoms with van der Waals surface area (Å²) in [6.45, 7) is 0.828. The van der Waals surface area contributed by atoms with Crippen LogP contribution in [0.2, 0.25) is 0 Å². The smallest absolute Gasteiger partial charge is 0.141 e. The predicted molar refractivity (Wildman–Crippen MR) is 79.6 cm³/mol. The van der Waals surface area contributed by atoms with Gasteiger partial charge in [-0.1, -0.05) is 0 Å². The Morgan fingerprint density at radius 3 is 3.00 bits per heavy atom. The summed E-state index contributed by atoms with van der Waals surface area (Å²) in [5.41, 5.74) is 8.18. The predicted octanol–water partition coefficient (Wildman–Crippen LogP) is 2.56. The van der Waals surface area contributed by atoms with Gasteiger partial charge in [0.1, 0.15) is 11.6 Å². The summed E-state index contributed by atoms with van der Waals surface area (Å²) >= 11 is 0. The Kier molecular flexibility index (Phi) is 2.57. The second kappa shape index (κ2) is 4.44. The van der Waals surface area contributed by atoms with E-state index in [1.807, 2.05) is 22.9 Å². The molecule has 3 aromatic rings. The maximum atomic E-state index is 13.1. The van der Waals surface area contributed by atoms with Crippen LogP contribution in [0.25, 0.3) is 10.9 Å². The van der Waals surface area contributed by atoms with Gasteiger partial charge in [-0.05, 0) is 36.8 Å². The number of nitrogens with two attached hydrogens (primary N) is 1. The Hall–Kier alpha value is -2.63. The molecule has 1 atom stereocenters. The highest BCUT2D eigenvalue weighted by Gasteiger charge is 2.25. The van der Waals surface area contributed by atoms with Gasteiger partial charge in [-0.3, -0.25) is 4.98 Å². The van der Waals surface area contributed by atoms with Crippen LogP contribution in [-0.2, 0) is 0 Å². The van der Waals surface area contributed by atoms with Crippen LogP contribution >= 0.6 is 0 Å². The number of anilines is 2. The summed E-state index contributed by atoms with van der Waals surface area (Å²) in [5, 5.41) is 9.05. The highest BCUT2D eigenvalue weighted by molar-refractivity contribution is 5.92. The molecule has 0 radical (unpaired) electrons. The quantitative estimate of drug-likeness (QED) is 0.673. The molecule has 1 aliphatic heterocycles. The third-order valence-corrected chi connectivity index (χ3v) is 3.82. The Morgan fingerprint density at radius 2 is 2.19 bits per heavy atom. The normalized spacial score (nSPS) is 17.5. The maximum absolute atomic E-state index is 13.1. The summed E-state index contributed by atoms with van der Waals surface area (Å²) in [7, 11) is 0. The van der Waals surface area contributed by atoms with Gasteiger partial charge in [-0.15, -0.1) is 0 Å². The second-order valence-corrected chi connectivity index (χ2v) is 5.20. The van der Waals surface area contributed by atoms with Gasteiger partial charge in [-0.25, -0.2) is 9.07 Å². The van der Waals surface area contributed by atoms with E-state index in [9.17, 15) is 4.39 Å². The van der Waals surface area contributed by atoms with E-state index in [0.29, 0.717) is 5.69 Å². The first-order valence-electron chi connectivity index (χ1n) is 6.85. The Bertz CT molecular complexity index is 809. The van der Waals surface area contributed by atoms with Gasteiger partial charge < -0.3 is 11.1 Å². The van der Waals surface area contributed by atoms with Crippen molar-refractivity contribution in [3.05, 3.63) is 48.0 Å². The average molecular weight is 283 g/mol. The average Bonchev–Trinajstić information content (AvgIpc) is 2.85. The fraction of sp³-hybridized carbons (Fsp3) is 0.200. The molecule has 0 saturated heterocycles. The van der Waals surface area contributed by atoms with E-state index in [2.05, 4.69) is 15.4 Å². The van der Waals surface area contributed by atoms with Crippen LogP contribution in [0.5, 0.6) is 0 Å². The number of fused-ring (bicyclic) bond motifs is 3. The first-order chi connectivity index (χ1) is 10.2. The minimum absolute atomic E-state index is 0.00970. The van der Waals surface area contributed by atoms with Gasteiger partial charge in [-0.2, -0.15) is 5.10 Å². The van der Waals surface area contributed by atoms with E-state index < -0.39 is 0 Å². The molecule has 21 heavy (non-hydrogen) atoms. The molecule has 1 aromatic carbocycles. The van der Waals surface area contributed by atoms with E-state index in [1.165, 1.54) is 12.3 Å². The van der Waals surface area contributed by atoms with Crippen LogP contribution in [0.15, 0.2) is 36.5 Å². The molecule has 0 spiro atoms. The molecule has 2 aromatic heterocycles. The number of halogens is 1. The van der Waals surface area contributed by atoms with E-state index in [-0.39, 0.29) is 11.9 Å². The number of benzene rings is 1. The number of pyridine rings is 1. The zero-order chi connectivity index (χ0) is 14.4. The number of nitrogens with zero attached hydrogens (tertiary/aromatic N) is 3. The lowest BCUT2D eigenvalue weighted by atomic mass is 10.1. The standard InChI is InChI=1S/C15H14FN5/c16-9-1-4-12(19-8-9)14-5-6-18-15-11-3-2-10(17)7-13(11)20-21(14)15/h1-4,7-8,14,18H,5-6,17H2. The number of nitrogen functional groups attached to an aromatic ring is 1. The minimum atomic E-state index is -0.327. The van der Waals surface area contributed by atoms with Gasteiger partial charge in [0.2, 0.25) is 0 Å². The van der Waals surface area contributed by atoms with E-state index >= 15 is 0 Å². The lowest BCUT2D eigenvalue weighted by molar-refractivity contribution is 0.473. The number of nitrogens with one attached hydrogen (secondary N) is 1. The molecule has 3 heterocycles. The summed E-state index contributed by atoms with van der Waals surface area (Å²) < 4.78 is 15.0. The Balaban J connectivity index is 1.87. The van der Waals surface area contributed by atoms with Crippen molar-refractivity contribution < 1.29 is 4.39 Å². The monoisotopic (exact) mass is 283 g/mol. The molecule has 3 N–H and O–H groups in total. The van der Waals surface area contributed by atoms with Crippen molar-refractivity contribution in [2.75, 3.05) is 17.6 Å². The SMILES string of the molecule is Nc1ccc2c3n(nc2c1)C(c1ccc(F)cn1)CCN3. The summed E-state index contributed by atoms with van der Waals surface area (Å²) in [5.74, 6) is 0.638. The largest absolute Gasteiger partial charge is 0.399 e. The molecule has 0 bridgehead atoms. The zero-order valence-corrected chi connectivity index (χ0v) is 11.3. The molecule has 1 unspecified atom stereocenters. The first kappa shape index (κ1) is 12.1. The lowest BCUT2D eigenvalue weighted by Gasteiger charge is -2.25. The number of hydrogen-bond donors (Lipinski definition) is 2. The van der Waals surface area contributed by atoms with E-state index in [4.69, 9.17) is 5.73 Å². The van der Waals surface area contributed by atoms with Crippen LogP contribution in [0, 0.1) is 5.82 Å². The fourth-order valence-corrected chi connectivity index (χ4v) is 2.83. The van der Waals surface area contributed by atoms with Crippen LogP contribution in [0.4, 0.5) is 15.9 Å². The van der Waals surface area contributed by atoms with Crippen LogP contribution < -0.4 is 11.1 Å². The van der Waals surface area contributed by atoms with Crippen molar-refractivity contribution in [3.63, 3.8) is 0 Å². The van der Waals surface area contributed by atoms with Crippen molar-refractivity contribution in [2.45, 2.75) is 12.5 Å². The van der Waals surface area contributed by atoms with E-state index in [1.54, 1.807) is 6.07 Å². The van der Waals surface area contributed by atoms with Gasteiger partial charge >= 0.3 is 0 Å². The number of aromatic nitrogens is 3. The third-order valence-electron chi connectivity index (χ3n) is 3.82. The van der Waals surface area contributed by atoms with Gasteiger partial charge in [0.25, 0.3) is 0 Å². The molecule has 6 heteroatoms. The zero-order valence-electron chi connectivity index (χ0n) is 11.3. The van der Waals surface area contributed by atoms with Crippen molar-refractivity contribution in [1.82, 2.24) is 14.8 Å². The van der Waals surface area contributed by atoms with E-state index in [0.717, 1.165) is 35.4 Å². The van der Waals surface area contributed by atoms with Gasteiger partial charge in [0, 0.05) is 17.6 Å². The van der Waals surface area contributed by atoms with Crippen LogP contribution in [0.1, 0.15) is 18.2 Å². The maximum Gasteiger partial charge on any atom is 0.141 e. The molecule has 5 nitrogen and oxygen atoms in total. The summed E-state index contributed by atoms with van der Waals surface area (Å²) in [6, 6.07) is 8.86. The highest BCUT2D eigenvalue weighted by Crippen LogP contribution is 2.34. The molecule has 4 rings (SSSR count). The molecule has 0 amide bonds. The van der Waals surface area contributed by atoms with Crippen molar-refractivity contribution in [1.29, 1.82) is 0 Å². The highest BCUT2D eigenvalue weighted by atomic mass is 19.1. The number of hydrogen-bond acceptors (Lipinski definition) is 4. The molecule has 0 saturated carbocycles. The van der Waals surface area contributed by atoms with Crippen molar-refractivity contribution in [3.8, 4) is 0 Å². The summed E-state index contributed by atoms with van der Waals surface area (Å²) in [4.78, 5) is 4.20. The number of rotatable bonds is 1. The Morgan fingerprint density at radius 1 is 1.29 bits per heavy atom. The molecule has 106 valence electrons. The fourth-order valence-electron chi connectivity index (χ4n) is 2.83. The van der Waals surface area contributed by atoms with Gasteiger partial charge in [0.05, 0.1) is 23.4 Å².